The van der Waals surface area contributed by atoms with E-state index in [0.717, 1.165) is 17.7 Å². The molecule has 100 valence electrons. The smallest absolute Gasteiger partial charge is 0.159 e. The predicted molar refractivity (Wildman–Crippen MR) is 69.4 cm³/mol. The minimum atomic E-state index is -0.897. The van der Waals surface area contributed by atoms with E-state index in [9.17, 15) is 8.78 Å². The number of nitrogens with zero attached hydrogens (tertiary/aromatic N) is 2. The number of benzene rings is 1. The Morgan fingerprint density at radius 2 is 1.79 bits per heavy atom. The highest BCUT2D eigenvalue weighted by Crippen LogP contribution is 2.17. The molecule has 0 fully saturated rings. The third kappa shape index (κ3) is 3.54. The fourth-order valence-corrected chi connectivity index (χ4v) is 1.55. The van der Waals surface area contributed by atoms with E-state index in [1.807, 2.05) is 0 Å². The summed E-state index contributed by atoms with van der Waals surface area (Å²) in [7, 11) is 0. The quantitative estimate of drug-likeness (QED) is 0.921. The van der Waals surface area contributed by atoms with Gasteiger partial charge in [-0.2, -0.15) is 0 Å². The van der Waals surface area contributed by atoms with E-state index in [4.69, 9.17) is 0 Å². The van der Waals surface area contributed by atoms with Crippen LogP contribution in [0.1, 0.15) is 19.4 Å². The second kappa shape index (κ2) is 5.84. The molecule has 0 saturated heterocycles. The van der Waals surface area contributed by atoms with Gasteiger partial charge in [0.1, 0.15) is 0 Å². The maximum atomic E-state index is 13.1. The Morgan fingerprint density at radius 1 is 1.11 bits per heavy atom. The third-order valence-electron chi connectivity index (χ3n) is 2.60. The molecule has 0 amide bonds. The molecule has 0 unspecified atom stereocenters. The molecule has 0 saturated carbocycles. The highest BCUT2D eigenvalue weighted by Gasteiger charge is 2.06. The molecule has 5 heteroatoms. The van der Waals surface area contributed by atoms with Gasteiger partial charge in [-0.3, -0.25) is 0 Å². The summed E-state index contributed by atoms with van der Waals surface area (Å²) in [6.07, 6.45) is 3.36. The topological polar surface area (TPSA) is 37.8 Å². The zero-order chi connectivity index (χ0) is 13.8. The van der Waals surface area contributed by atoms with E-state index in [0.29, 0.717) is 24.0 Å². The summed E-state index contributed by atoms with van der Waals surface area (Å²) in [6.45, 7) is 4.78. The molecule has 0 spiro atoms. The molecular formula is C14H15F2N3. The zero-order valence-electron chi connectivity index (χ0n) is 10.8. The molecule has 0 aliphatic rings. The Kier molecular flexibility index (Phi) is 4.16. The van der Waals surface area contributed by atoms with Crippen molar-refractivity contribution in [2.45, 2.75) is 26.4 Å². The fraction of sp³-hybridized carbons (Fsp3) is 0.286. The molecule has 0 aliphatic carbocycles. The van der Waals surface area contributed by atoms with Crippen LogP contribution in [0.5, 0.6) is 0 Å². The van der Waals surface area contributed by atoms with Crippen LogP contribution in [0.4, 0.5) is 8.78 Å². The Hall–Kier alpha value is -1.88. The first-order valence-electron chi connectivity index (χ1n) is 6.06. The summed E-state index contributed by atoms with van der Waals surface area (Å²) in [5.41, 5.74) is 1.40. The average Bonchev–Trinajstić information content (AvgIpc) is 2.40. The van der Waals surface area contributed by atoms with E-state index in [1.54, 1.807) is 12.4 Å². The lowest BCUT2D eigenvalue weighted by molar-refractivity contribution is 0.509. The fourth-order valence-electron chi connectivity index (χ4n) is 1.55. The molecule has 0 aliphatic heterocycles. The van der Waals surface area contributed by atoms with E-state index >= 15 is 0 Å². The summed E-state index contributed by atoms with van der Waals surface area (Å²) in [4.78, 5) is 8.31. The summed E-state index contributed by atoms with van der Waals surface area (Å²) < 4.78 is 25.9. The summed E-state index contributed by atoms with van der Waals surface area (Å²) >= 11 is 0. The van der Waals surface area contributed by atoms with Gasteiger partial charge >= 0.3 is 0 Å². The summed E-state index contributed by atoms with van der Waals surface area (Å²) in [5, 5.41) is 3.25. The van der Waals surface area contributed by atoms with Crippen molar-refractivity contribution in [3.63, 3.8) is 0 Å². The lowest BCUT2D eigenvalue weighted by Gasteiger charge is -2.07. The van der Waals surface area contributed by atoms with Gasteiger partial charge in [-0.1, -0.05) is 13.8 Å². The van der Waals surface area contributed by atoms with Crippen molar-refractivity contribution >= 4 is 0 Å². The van der Waals surface area contributed by atoms with Crippen LogP contribution in [0, 0.1) is 11.6 Å². The van der Waals surface area contributed by atoms with Crippen LogP contribution in [-0.2, 0) is 6.54 Å². The van der Waals surface area contributed by atoms with Gasteiger partial charge in [-0.05, 0) is 18.2 Å². The molecule has 1 N–H and O–H groups in total. The van der Waals surface area contributed by atoms with Crippen molar-refractivity contribution in [1.29, 1.82) is 0 Å². The van der Waals surface area contributed by atoms with Gasteiger partial charge in [-0.25, -0.2) is 18.7 Å². The largest absolute Gasteiger partial charge is 0.310 e. The van der Waals surface area contributed by atoms with Crippen molar-refractivity contribution in [3.05, 3.63) is 47.8 Å². The zero-order valence-corrected chi connectivity index (χ0v) is 10.8. The third-order valence-corrected chi connectivity index (χ3v) is 2.60. The number of halogens is 2. The van der Waals surface area contributed by atoms with Crippen LogP contribution in [0.3, 0.4) is 0 Å². The van der Waals surface area contributed by atoms with Crippen molar-refractivity contribution in [3.8, 4) is 11.4 Å². The number of rotatable bonds is 4. The van der Waals surface area contributed by atoms with E-state index in [2.05, 4.69) is 29.1 Å². The number of hydrogen-bond acceptors (Lipinski definition) is 3. The standard InChI is InChI=1S/C14H15F2N3/c1-9(2)17-6-10-7-18-14(19-8-10)11-3-4-12(15)13(16)5-11/h3-5,7-9,17H,6H2,1-2H3. The van der Waals surface area contributed by atoms with Gasteiger partial charge < -0.3 is 5.32 Å². The summed E-state index contributed by atoms with van der Waals surface area (Å²) in [6, 6.07) is 4.00. The molecule has 1 aromatic carbocycles. The van der Waals surface area contributed by atoms with E-state index in [1.165, 1.54) is 6.07 Å². The van der Waals surface area contributed by atoms with Gasteiger partial charge in [0.15, 0.2) is 17.5 Å². The van der Waals surface area contributed by atoms with Gasteiger partial charge in [0.2, 0.25) is 0 Å². The van der Waals surface area contributed by atoms with Crippen molar-refractivity contribution < 1.29 is 8.78 Å². The van der Waals surface area contributed by atoms with Crippen LogP contribution in [0.25, 0.3) is 11.4 Å². The number of nitrogens with one attached hydrogen (secondary N) is 1. The van der Waals surface area contributed by atoms with E-state index < -0.39 is 11.6 Å². The monoisotopic (exact) mass is 263 g/mol. The lowest BCUT2D eigenvalue weighted by Crippen LogP contribution is -2.21. The Labute approximate surface area is 110 Å². The van der Waals surface area contributed by atoms with Gasteiger partial charge in [0.05, 0.1) is 0 Å². The maximum absolute atomic E-state index is 13.1. The molecular weight excluding hydrogens is 248 g/mol. The van der Waals surface area contributed by atoms with Crippen LogP contribution in [0.2, 0.25) is 0 Å². The van der Waals surface area contributed by atoms with Crippen molar-refractivity contribution in [1.82, 2.24) is 15.3 Å². The molecule has 2 rings (SSSR count). The number of hydrogen-bond donors (Lipinski definition) is 1. The Balaban J connectivity index is 2.15. The van der Waals surface area contributed by atoms with Gasteiger partial charge in [0, 0.05) is 36.1 Å². The molecule has 0 radical (unpaired) electrons. The first-order valence-corrected chi connectivity index (χ1v) is 6.06. The molecule has 3 nitrogen and oxygen atoms in total. The molecule has 2 aromatic rings. The second-order valence-corrected chi connectivity index (χ2v) is 4.58. The predicted octanol–water partition coefficient (Wildman–Crippen LogP) is 2.92. The van der Waals surface area contributed by atoms with Crippen LogP contribution in [0.15, 0.2) is 30.6 Å². The van der Waals surface area contributed by atoms with E-state index in [-0.39, 0.29) is 0 Å². The highest BCUT2D eigenvalue weighted by molar-refractivity contribution is 5.54. The van der Waals surface area contributed by atoms with Gasteiger partial charge in [0.25, 0.3) is 0 Å². The molecule has 0 atom stereocenters. The molecule has 0 bridgehead atoms. The highest BCUT2D eigenvalue weighted by atomic mass is 19.2. The first-order chi connectivity index (χ1) is 9.06. The SMILES string of the molecule is CC(C)NCc1cnc(-c2ccc(F)c(F)c2)nc1. The maximum Gasteiger partial charge on any atom is 0.159 e. The van der Waals surface area contributed by atoms with Crippen LogP contribution >= 0.6 is 0 Å². The Morgan fingerprint density at radius 3 is 2.37 bits per heavy atom. The first kappa shape index (κ1) is 13.5. The molecule has 19 heavy (non-hydrogen) atoms. The Bertz CT molecular complexity index is 553. The molecule has 1 heterocycles. The van der Waals surface area contributed by atoms with Crippen molar-refractivity contribution in [2.75, 3.05) is 0 Å². The minimum Gasteiger partial charge on any atom is -0.310 e. The molecule has 1 aromatic heterocycles. The lowest BCUT2D eigenvalue weighted by atomic mass is 10.2. The van der Waals surface area contributed by atoms with Crippen molar-refractivity contribution in [2.24, 2.45) is 0 Å². The van der Waals surface area contributed by atoms with Crippen LogP contribution < -0.4 is 5.32 Å². The van der Waals surface area contributed by atoms with Gasteiger partial charge in [-0.15, -0.1) is 0 Å². The average molecular weight is 263 g/mol. The summed E-state index contributed by atoms with van der Waals surface area (Å²) in [5.74, 6) is -1.39. The second-order valence-electron chi connectivity index (χ2n) is 4.58. The minimum absolute atomic E-state index is 0.380. The van der Waals surface area contributed by atoms with Crippen LogP contribution in [-0.4, -0.2) is 16.0 Å². The normalized spacial score (nSPS) is 11.0. The number of aromatic nitrogens is 2.